The topological polar surface area (TPSA) is 116 Å². The van der Waals surface area contributed by atoms with E-state index in [0.717, 1.165) is 30.6 Å². The first-order chi connectivity index (χ1) is 18.3. The van der Waals surface area contributed by atoms with Gasteiger partial charge in [-0.25, -0.2) is 0 Å². The van der Waals surface area contributed by atoms with Crippen molar-refractivity contribution in [2.24, 2.45) is 5.92 Å². The van der Waals surface area contributed by atoms with Crippen LogP contribution in [0.5, 0.6) is 17.2 Å². The molecule has 1 unspecified atom stereocenters. The lowest BCUT2D eigenvalue weighted by molar-refractivity contribution is -0.141. The van der Waals surface area contributed by atoms with Crippen LogP contribution in [-0.4, -0.2) is 35.0 Å². The second kappa shape index (κ2) is 12.2. The van der Waals surface area contributed by atoms with Gasteiger partial charge in [-0.15, -0.1) is 11.8 Å². The summed E-state index contributed by atoms with van der Waals surface area (Å²) in [7, 11) is 0. The van der Waals surface area contributed by atoms with Gasteiger partial charge in [0.2, 0.25) is 0 Å². The molecule has 198 valence electrons. The molecular weight excluding hydrogens is 502 g/mol. The van der Waals surface area contributed by atoms with Crippen molar-refractivity contribution in [2.45, 2.75) is 44.4 Å². The van der Waals surface area contributed by atoms with Gasteiger partial charge in [0.05, 0.1) is 29.2 Å². The van der Waals surface area contributed by atoms with Crippen molar-refractivity contribution in [1.29, 1.82) is 0 Å². The molecule has 38 heavy (non-hydrogen) atoms. The number of unbranched alkanes of at least 4 members (excludes halogenated alkanes) is 1. The molecule has 4 rings (SSSR count). The number of rotatable bonds is 11. The van der Waals surface area contributed by atoms with E-state index in [9.17, 15) is 19.5 Å². The first kappa shape index (κ1) is 27.3. The average Bonchev–Trinajstić information content (AvgIpc) is 2.92. The van der Waals surface area contributed by atoms with Crippen LogP contribution in [0, 0.1) is 5.92 Å². The Balaban J connectivity index is 1.46. The molecule has 1 aliphatic carbocycles. The highest BCUT2D eigenvalue weighted by molar-refractivity contribution is 8.00. The van der Waals surface area contributed by atoms with Gasteiger partial charge in [0.15, 0.2) is 17.3 Å². The van der Waals surface area contributed by atoms with Gasteiger partial charge < -0.3 is 20.3 Å². The van der Waals surface area contributed by atoms with E-state index in [-0.39, 0.29) is 51.2 Å². The van der Waals surface area contributed by atoms with Crippen LogP contribution in [0.2, 0.25) is 0 Å². The maximum atomic E-state index is 13.2. The Hall–Kier alpha value is -3.78. The van der Waals surface area contributed by atoms with E-state index >= 15 is 0 Å². The van der Waals surface area contributed by atoms with E-state index in [2.05, 4.69) is 13.8 Å². The zero-order valence-electron chi connectivity index (χ0n) is 21.5. The predicted molar refractivity (Wildman–Crippen MR) is 147 cm³/mol. The molecule has 3 aromatic rings. The summed E-state index contributed by atoms with van der Waals surface area (Å²) in [4.78, 5) is 39.2. The van der Waals surface area contributed by atoms with E-state index in [4.69, 9.17) is 15.2 Å². The summed E-state index contributed by atoms with van der Waals surface area (Å²) in [5.41, 5.74) is 6.53. The number of carbonyl (C=O) groups is 3. The minimum atomic E-state index is -0.466. The number of fused-ring (bicyclic) bond motifs is 2. The quantitative estimate of drug-likeness (QED) is 0.0985. The van der Waals surface area contributed by atoms with Crippen LogP contribution in [0.3, 0.4) is 0 Å². The Labute approximate surface area is 226 Å². The summed E-state index contributed by atoms with van der Waals surface area (Å²) in [6.45, 7) is 4.69. The van der Waals surface area contributed by atoms with Gasteiger partial charge in [0.25, 0.3) is 0 Å². The number of esters is 1. The van der Waals surface area contributed by atoms with Crippen molar-refractivity contribution in [3.63, 3.8) is 0 Å². The van der Waals surface area contributed by atoms with Gasteiger partial charge in [-0.1, -0.05) is 63.4 Å². The molecule has 0 heterocycles. The van der Waals surface area contributed by atoms with Crippen LogP contribution in [0.25, 0.3) is 0 Å². The third-order valence-electron chi connectivity index (χ3n) is 6.59. The molecule has 0 radical (unpaired) electrons. The summed E-state index contributed by atoms with van der Waals surface area (Å²) in [6, 6.07) is 14.7. The van der Waals surface area contributed by atoms with Gasteiger partial charge in [-0.05, 0) is 30.5 Å². The zero-order valence-corrected chi connectivity index (χ0v) is 22.3. The predicted octanol–water partition coefficient (Wildman–Crippen LogP) is 6.39. The summed E-state index contributed by atoms with van der Waals surface area (Å²) < 4.78 is 11.4. The maximum Gasteiger partial charge on any atom is 0.316 e. The molecule has 0 saturated carbocycles. The van der Waals surface area contributed by atoms with E-state index in [1.54, 1.807) is 42.5 Å². The molecule has 0 saturated heterocycles. The molecule has 7 nitrogen and oxygen atoms in total. The molecule has 0 aliphatic heterocycles. The van der Waals surface area contributed by atoms with Crippen molar-refractivity contribution < 1.29 is 29.0 Å². The molecule has 3 N–H and O–H groups in total. The first-order valence-electron chi connectivity index (χ1n) is 12.7. The summed E-state index contributed by atoms with van der Waals surface area (Å²) >= 11 is 1.32. The van der Waals surface area contributed by atoms with Crippen molar-refractivity contribution in [3.05, 3.63) is 76.9 Å². The first-order valence-corrected chi connectivity index (χ1v) is 13.7. The number of anilines is 1. The highest BCUT2D eigenvalue weighted by Crippen LogP contribution is 2.42. The van der Waals surface area contributed by atoms with Gasteiger partial charge in [0, 0.05) is 22.1 Å². The molecule has 8 heteroatoms. The van der Waals surface area contributed by atoms with E-state index in [0.29, 0.717) is 18.3 Å². The number of hydrogen-bond acceptors (Lipinski definition) is 8. The number of nitrogen functional groups attached to an aromatic ring is 1. The molecule has 1 atom stereocenters. The number of phenols is 1. The smallest absolute Gasteiger partial charge is 0.316 e. The monoisotopic (exact) mass is 533 g/mol. The zero-order chi connectivity index (χ0) is 27.2. The summed E-state index contributed by atoms with van der Waals surface area (Å²) in [6.07, 6.45) is 4.29. The van der Waals surface area contributed by atoms with Crippen LogP contribution in [0.4, 0.5) is 5.69 Å². The fourth-order valence-electron chi connectivity index (χ4n) is 4.41. The van der Waals surface area contributed by atoms with Gasteiger partial charge >= 0.3 is 5.97 Å². The Morgan fingerprint density at radius 3 is 2.39 bits per heavy atom. The highest BCUT2D eigenvalue weighted by atomic mass is 32.2. The number of benzene rings is 3. The third-order valence-corrected chi connectivity index (χ3v) is 7.56. The minimum absolute atomic E-state index is 0.0270. The van der Waals surface area contributed by atoms with Crippen molar-refractivity contribution in [2.75, 3.05) is 18.1 Å². The van der Waals surface area contributed by atoms with Gasteiger partial charge in [-0.2, -0.15) is 0 Å². The Morgan fingerprint density at radius 2 is 1.71 bits per heavy atom. The highest BCUT2D eigenvalue weighted by Gasteiger charge is 2.35. The molecule has 0 aromatic heterocycles. The molecule has 3 aromatic carbocycles. The largest absolute Gasteiger partial charge is 0.507 e. The van der Waals surface area contributed by atoms with Crippen LogP contribution in [0.15, 0.2) is 59.5 Å². The average molecular weight is 534 g/mol. The molecule has 0 amide bonds. The Bertz CT molecular complexity index is 1370. The normalized spacial score (nSPS) is 13.0. The van der Waals surface area contributed by atoms with E-state index < -0.39 is 11.6 Å². The fraction of sp³-hybridized carbons (Fsp3) is 0.300. The fourth-order valence-corrected chi connectivity index (χ4v) is 5.15. The second-order valence-corrected chi connectivity index (χ2v) is 10.3. The van der Waals surface area contributed by atoms with Crippen molar-refractivity contribution in [3.8, 4) is 17.2 Å². The summed E-state index contributed by atoms with van der Waals surface area (Å²) in [5, 5.41) is 10.6. The van der Waals surface area contributed by atoms with E-state index in [1.165, 1.54) is 17.8 Å². The SMILES string of the molecule is CCCCC(CC)COC(=O)CSc1cccc(Oc2cc(O)c3c(c2N)C(=O)c2ccccc2C3=O)c1. The Morgan fingerprint density at radius 1 is 1.00 bits per heavy atom. The number of hydrogen-bond donors (Lipinski definition) is 2. The number of carbonyl (C=O) groups excluding carboxylic acids is 3. The molecule has 0 spiro atoms. The van der Waals surface area contributed by atoms with Crippen LogP contribution >= 0.6 is 11.8 Å². The van der Waals surface area contributed by atoms with Gasteiger partial charge in [0.1, 0.15) is 11.5 Å². The van der Waals surface area contributed by atoms with Crippen molar-refractivity contribution >= 4 is 35.0 Å². The molecule has 0 bridgehead atoms. The number of nitrogens with two attached hydrogens (primary N) is 1. The molecule has 0 fully saturated rings. The maximum absolute atomic E-state index is 13.2. The minimum Gasteiger partial charge on any atom is -0.507 e. The lowest BCUT2D eigenvalue weighted by Gasteiger charge is -2.21. The van der Waals surface area contributed by atoms with E-state index in [1.807, 2.05) is 6.07 Å². The lowest BCUT2D eigenvalue weighted by Crippen LogP contribution is -2.22. The van der Waals surface area contributed by atoms with Crippen LogP contribution < -0.4 is 10.5 Å². The number of ketones is 2. The standard InChI is InChI=1S/C30H31NO6S/c1-3-5-9-18(4-2)16-36-25(33)17-38-20-11-8-10-19(14-20)37-24-15-23(32)26-27(28(24)31)30(35)22-13-7-6-12-21(22)29(26)34/h6-8,10-15,18,32H,3-5,9,16-17,31H2,1-2H3. The lowest BCUT2D eigenvalue weighted by atomic mass is 9.82. The Kier molecular flexibility index (Phi) is 8.73. The summed E-state index contributed by atoms with van der Waals surface area (Å²) in [5.74, 6) is -0.571. The molecule has 1 aliphatic rings. The number of aromatic hydroxyl groups is 1. The number of phenolic OH excluding ortho intramolecular Hbond substituents is 1. The number of ether oxygens (including phenoxy) is 2. The van der Waals surface area contributed by atoms with Crippen LogP contribution in [-0.2, 0) is 9.53 Å². The third kappa shape index (κ3) is 5.86. The second-order valence-electron chi connectivity index (χ2n) is 9.23. The van der Waals surface area contributed by atoms with Crippen LogP contribution in [0.1, 0.15) is 71.4 Å². The number of thioether (sulfide) groups is 1. The van der Waals surface area contributed by atoms with Crippen molar-refractivity contribution in [1.82, 2.24) is 0 Å². The van der Waals surface area contributed by atoms with Gasteiger partial charge in [-0.3, -0.25) is 14.4 Å². The molecular formula is C30H31NO6S.